The summed E-state index contributed by atoms with van der Waals surface area (Å²) in [4.78, 5) is 48.3. The van der Waals surface area contributed by atoms with Crippen molar-refractivity contribution in [1.82, 2.24) is 14.9 Å². The fraction of sp³-hybridized carbons (Fsp3) is 0.281. The molecule has 1 aliphatic rings. The van der Waals surface area contributed by atoms with Crippen LogP contribution in [0.4, 0.5) is 18.9 Å². The molecule has 1 N–H and O–H groups in total. The number of ether oxygens (including phenoxy) is 1. The second-order valence-electron chi connectivity index (χ2n) is 11.2. The third-order valence-electron chi connectivity index (χ3n) is 6.76. The highest BCUT2D eigenvalue weighted by Gasteiger charge is 2.42. The molecule has 1 saturated heterocycles. The van der Waals surface area contributed by atoms with Crippen LogP contribution in [0.5, 0.6) is 0 Å². The number of oxazole rings is 1. The maximum absolute atomic E-state index is 13.6. The van der Waals surface area contributed by atoms with Crippen LogP contribution in [0.2, 0.25) is 0 Å². The molecule has 44 heavy (non-hydrogen) atoms. The molecule has 12 heteroatoms. The molecule has 0 spiro atoms. The summed E-state index contributed by atoms with van der Waals surface area (Å²) >= 11 is 0. The number of alkyl halides is 3. The quantitative estimate of drug-likeness (QED) is 0.245. The number of likely N-dealkylation sites (tertiary alicyclic amines) is 1. The Bertz CT molecular complexity index is 1660. The Morgan fingerprint density at radius 1 is 0.955 bits per heavy atom. The molecule has 1 atom stereocenters. The first kappa shape index (κ1) is 30.5. The molecule has 2 aromatic heterocycles. The van der Waals surface area contributed by atoms with Gasteiger partial charge in [0.25, 0.3) is 11.8 Å². The van der Waals surface area contributed by atoms with Crippen molar-refractivity contribution in [2.75, 3.05) is 11.9 Å². The molecule has 9 nitrogen and oxygen atoms in total. The van der Waals surface area contributed by atoms with Gasteiger partial charge in [0.05, 0.1) is 17.6 Å². The lowest BCUT2D eigenvalue weighted by Crippen LogP contribution is -2.43. The number of rotatable bonds is 6. The molecule has 1 fully saturated rings. The second kappa shape index (κ2) is 11.9. The third kappa shape index (κ3) is 6.80. The summed E-state index contributed by atoms with van der Waals surface area (Å²) in [5.74, 6) is -3.64. The van der Waals surface area contributed by atoms with Crippen LogP contribution >= 0.6 is 0 Å². The van der Waals surface area contributed by atoms with Crippen LogP contribution in [0, 0.1) is 0 Å². The molecule has 4 aromatic rings. The van der Waals surface area contributed by atoms with Gasteiger partial charge in [-0.15, -0.1) is 0 Å². The van der Waals surface area contributed by atoms with Gasteiger partial charge in [0, 0.05) is 23.2 Å². The zero-order valence-corrected chi connectivity index (χ0v) is 24.1. The number of pyridine rings is 1. The Morgan fingerprint density at radius 2 is 1.66 bits per heavy atom. The molecule has 3 heterocycles. The number of hydrogen-bond acceptors (Lipinski definition) is 7. The highest BCUT2D eigenvalue weighted by molar-refractivity contribution is 6.04. The van der Waals surface area contributed by atoms with Gasteiger partial charge in [-0.25, -0.2) is 9.78 Å². The van der Waals surface area contributed by atoms with E-state index in [-0.39, 0.29) is 17.5 Å². The lowest BCUT2D eigenvalue weighted by Gasteiger charge is -2.27. The molecule has 0 radical (unpaired) electrons. The number of benzene rings is 2. The fourth-order valence-corrected chi connectivity index (χ4v) is 4.77. The fourth-order valence-electron chi connectivity index (χ4n) is 4.77. The molecule has 2 aromatic carbocycles. The first-order valence-electron chi connectivity index (χ1n) is 13.9. The molecule has 228 valence electrons. The van der Waals surface area contributed by atoms with Gasteiger partial charge in [-0.3, -0.25) is 14.6 Å². The number of hydrogen-bond donors (Lipinski definition) is 1. The van der Waals surface area contributed by atoms with Crippen LogP contribution in [0.25, 0.3) is 22.7 Å². The molecule has 0 saturated carbocycles. The van der Waals surface area contributed by atoms with Gasteiger partial charge in [0.2, 0.25) is 11.7 Å². The Balaban J connectivity index is 1.27. The molecular weight excluding hydrogens is 577 g/mol. The van der Waals surface area contributed by atoms with Gasteiger partial charge in [0.1, 0.15) is 11.6 Å². The monoisotopic (exact) mass is 606 g/mol. The summed E-state index contributed by atoms with van der Waals surface area (Å²) in [7, 11) is 0. The van der Waals surface area contributed by atoms with E-state index in [4.69, 9.17) is 9.15 Å². The van der Waals surface area contributed by atoms with Gasteiger partial charge < -0.3 is 19.4 Å². The molecule has 1 aliphatic heterocycles. The summed E-state index contributed by atoms with van der Waals surface area (Å²) in [5, 5.41) is 2.38. The van der Waals surface area contributed by atoms with E-state index in [1.54, 1.807) is 69.3 Å². The van der Waals surface area contributed by atoms with Crippen molar-refractivity contribution in [2.45, 2.75) is 51.4 Å². The van der Waals surface area contributed by atoms with Gasteiger partial charge in [0.15, 0.2) is 5.69 Å². The van der Waals surface area contributed by atoms with Gasteiger partial charge in [-0.2, -0.15) is 13.2 Å². The lowest BCUT2D eigenvalue weighted by atomic mass is 10.1. The number of nitrogens with one attached hydrogen (secondary N) is 1. The first-order chi connectivity index (χ1) is 20.8. The summed E-state index contributed by atoms with van der Waals surface area (Å²) in [6.07, 6.45) is -2.40. The van der Waals surface area contributed by atoms with Gasteiger partial charge >= 0.3 is 12.1 Å². The number of halogens is 3. The van der Waals surface area contributed by atoms with Crippen molar-refractivity contribution < 1.29 is 36.7 Å². The summed E-state index contributed by atoms with van der Waals surface area (Å²) in [5.41, 5.74) is 0.439. The van der Waals surface area contributed by atoms with Crippen LogP contribution in [-0.2, 0) is 15.7 Å². The summed E-state index contributed by atoms with van der Waals surface area (Å²) in [6.45, 7) is 5.79. The minimum Gasteiger partial charge on any atom is -0.458 e. The highest BCUT2D eigenvalue weighted by atomic mass is 19.4. The Labute approximate surface area is 251 Å². The number of amides is 2. The van der Waals surface area contributed by atoms with Crippen molar-refractivity contribution in [2.24, 2.45) is 0 Å². The van der Waals surface area contributed by atoms with Gasteiger partial charge in [-0.1, -0.05) is 30.3 Å². The maximum Gasteiger partial charge on any atom is 0.452 e. The summed E-state index contributed by atoms with van der Waals surface area (Å²) in [6, 6.07) is 17.0. The van der Waals surface area contributed by atoms with E-state index in [9.17, 15) is 27.6 Å². The Morgan fingerprint density at radius 3 is 2.27 bits per heavy atom. The highest BCUT2D eigenvalue weighted by Crippen LogP contribution is 2.35. The van der Waals surface area contributed by atoms with E-state index in [2.05, 4.69) is 15.3 Å². The number of carbonyl (C=O) groups is 3. The SMILES string of the molecule is CC(C)(C)OC(=O)[C@H]1CCCN1C(=O)c1ccc(-c2ccc(NC(=O)c3nc(-c4ccccc4)oc3C(F)(F)F)cn2)cc1. The molecule has 0 bridgehead atoms. The number of aromatic nitrogens is 2. The predicted octanol–water partition coefficient (Wildman–Crippen LogP) is 6.62. The van der Waals surface area contributed by atoms with Crippen LogP contribution in [0.15, 0.2) is 77.3 Å². The number of anilines is 1. The smallest absolute Gasteiger partial charge is 0.452 e. The van der Waals surface area contributed by atoms with Crippen LogP contribution in [0.3, 0.4) is 0 Å². The maximum atomic E-state index is 13.6. The van der Waals surface area contributed by atoms with E-state index in [1.165, 1.54) is 29.3 Å². The molecule has 2 amide bonds. The average molecular weight is 607 g/mol. The third-order valence-corrected chi connectivity index (χ3v) is 6.76. The van der Waals surface area contributed by atoms with E-state index in [0.29, 0.717) is 41.8 Å². The first-order valence-corrected chi connectivity index (χ1v) is 13.9. The standard InChI is InChI=1S/C32H29F3N4O5/c1-31(2,3)44-30(42)24-10-7-17-39(24)29(41)21-13-11-19(12-14-21)23-16-15-22(18-36-23)37-27(40)25-26(32(33,34)35)43-28(38-25)20-8-5-4-6-9-20/h4-6,8-9,11-16,18,24H,7,10,17H2,1-3H3,(H,37,40)/t24-/m1/s1. The Hall–Kier alpha value is -5.00. The minimum absolute atomic E-state index is 0.144. The van der Waals surface area contributed by atoms with E-state index < -0.39 is 41.1 Å². The lowest BCUT2D eigenvalue weighted by molar-refractivity contribution is -0.159. The van der Waals surface area contributed by atoms with E-state index >= 15 is 0 Å². The molecule has 0 aliphatic carbocycles. The number of esters is 1. The van der Waals surface area contributed by atoms with Crippen molar-refractivity contribution in [3.05, 3.63) is 89.9 Å². The average Bonchev–Trinajstić information content (AvgIpc) is 3.66. The van der Waals surface area contributed by atoms with Crippen LogP contribution in [-0.4, -0.2) is 50.8 Å². The van der Waals surface area contributed by atoms with E-state index in [1.807, 2.05) is 0 Å². The van der Waals surface area contributed by atoms with Gasteiger partial charge in [-0.05, 0) is 70.0 Å². The largest absolute Gasteiger partial charge is 0.458 e. The number of nitrogens with zero attached hydrogens (tertiary/aromatic N) is 3. The Kier molecular flexibility index (Phi) is 8.27. The molecule has 5 rings (SSSR count). The molecule has 0 unspecified atom stereocenters. The van der Waals surface area contributed by atoms with Crippen molar-refractivity contribution in [1.29, 1.82) is 0 Å². The predicted molar refractivity (Wildman–Crippen MR) is 154 cm³/mol. The summed E-state index contributed by atoms with van der Waals surface area (Å²) < 4.78 is 51.3. The zero-order valence-electron chi connectivity index (χ0n) is 24.1. The molecular formula is C32H29F3N4O5. The second-order valence-corrected chi connectivity index (χ2v) is 11.2. The van der Waals surface area contributed by atoms with Crippen LogP contribution < -0.4 is 5.32 Å². The normalized spacial score (nSPS) is 15.2. The number of carbonyl (C=O) groups excluding carboxylic acids is 3. The van der Waals surface area contributed by atoms with E-state index in [0.717, 1.165) is 0 Å². The minimum atomic E-state index is -4.94. The zero-order chi connectivity index (χ0) is 31.6. The van der Waals surface area contributed by atoms with Crippen LogP contribution in [0.1, 0.15) is 60.2 Å². The van der Waals surface area contributed by atoms with Crippen molar-refractivity contribution >= 4 is 23.5 Å². The van der Waals surface area contributed by atoms with Crippen molar-refractivity contribution in [3.63, 3.8) is 0 Å². The topological polar surface area (TPSA) is 115 Å². The van der Waals surface area contributed by atoms with Crippen molar-refractivity contribution in [3.8, 4) is 22.7 Å².